The van der Waals surface area contributed by atoms with Crippen molar-refractivity contribution in [3.63, 3.8) is 0 Å². The lowest BCUT2D eigenvalue weighted by molar-refractivity contribution is -0.119. The third kappa shape index (κ3) is 2.03. The molecule has 18 heavy (non-hydrogen) atoms. The van der Waals surface area contributed by atoms with E-state index in [4.69, 9.17) is 0 Å². The van der Waals surface area contributed by atoms with Crippen molar-refractivity contribution in [2.24, 2.45) is 0 Å². The molecule has 0 saturated carbocycles. The van der Waals surface area contributed by atoms with Gasteiger partial charge in [0, 0.05) is 6.04 Å². The molecule has 0 fully saturated rings. The molecule has 2 aromatic rings. The van der Waals surface area contributed by atoms with Crippen LogP contribution in [0.25, 0.3) is 10.8 Å². The van der Waals surface area contributed by atoms with Crippen molar-refractivity contribution in [1.29, 1.82) is 0 Å². The van der Waals surface area contributed by atoms with Crippen molar-refractivity contribution >= 4 is 32.6 Å². The van der Waals surface area contributed by atoms with Crippen molar-refractivity contribution in [3.05, 3.63) is 47.5 Å². The van der Waals surface area contributed by atoms with E-state index in [0.717, 1.165) is 12.8 Å². The second-order valence-electron chi connectivity index (χ2n) is 4.74. The highest BCUT2D eigenvalue weighted by Gasteiger charge is 2.21. The molecule has 1 amide bonds. The molecule has 2 aromatic carbocycles. The minimum atomic E-state index is 0.0616. The summed E-state index contributed by atoms with van der Waals surface area (Å²) in [5.74, 6) is 0.0616. The summed E-state index contributed by atoms with van der Waals surface area (Å²) in [4.78, 5) is 11.5. The predicted octanol–water partition coefficient (Wildman–Crippen LogP) is 2.82. The molecule has 0 radical (unpaired) electrons. The molecule has 1 aliphatic rings. The minimum Gasteiger partial charge on any atom is -0.352 e. The molecule has 2 nitrogen and oxygen atoms in total. The normalized spacial score (nSPS) is 14.7. The summed E-state index contributed by atoms with van der Waals surface area (Å²) in [5, 5.41) is 6.12. The quantitative estimate of drug-likeness (QED) is 0.849. The van der Waals surface area contributed by atoms with Gasteiger partial charge in [0.1, 0.15) is 0 Å². The summed E-state index contributed by atoms with van der Waals surface area (Å²) in [6.07, 6.45) is 1.85. The molecule has 0 atom stereocenters. The fourth-order valence-corrected chi connectivity index (χ4v) is 2.98. The number of rotatable bonds is 2. The van der Waals surface area contributed by atoms with Gasteiger partial charge in [-0.2, -0.15) is 0 Å². The Hall–Kier alpha value is -1.35. The van der Waals surface area contributed by atoms with E-state index in [0.29, 0.717) is 5.33 Å². The number of nitrogens with one attached hydrogen (secondary N) is 1. The van der Waals surface area contributed by atoms with Crippen LogP contribution in [0.3, 0.4) is 0 Å². The van der Waals surface area contributed by atoms with E-state index in [1.54, 1.807) is 0 Å². The van der Waals surface area contributed by atoms with Crippen LogP contribution >= 0.6 is 15.9 Å². The maximum Gasteiger partial charge on any atom is 0.230 e. The van der Waals surface area contributed by atoms with E-state index in [1.807, 2.05) is 0 Å². The SMILES string of the molecule is O=C(CBr)NC1Cc2cccc3cccc(c23)C1. The maximum absolute atomic E-state index is 11.5. The zero-order chi connectivity index (χ0) is 12.5. The predicted molar refractivity (Wildman–Crippen MR) is 77.1 cm³/mol. The molecule has 0 bridgehead atoms. The van der Waals surface area contributed by atoms with Crippen LogP contribution in [0.15, 0.2) is 36.4 Å². The number of carbonyl (C=O) groups is 1. The van der Waals surface area contributed by atoms with E-state index in [1.165, 1.54) is 21.9 Å². The van der Waals surface area contributed by atoms with Gasteiger partial charge in [-0.1, -0.05) is 52.3 Å². The Labute approximate surface area is 115 Å². The number of hydrogen-bond acceptors (Lipinski definition) is 1. The molecule has 3 rings (SSSR count). The average molecular weight is 304 g/mol. The smallest absolute Gasteiger partial charge is 0.230 e. The number of alkyl halides is 1. The van der Waals surface area contributed by atoms with E-state index in [9.17, 15) is 4.79 Å². The highest BCUT2D eigenvalue weighted by molar-refractivity contribution is 9.09. The van der Waals surface area contributed by atoms with Crippen LogP contribution in [-0.4, -0.2) is 17.3 Å². The van der Waals surface area contributed by atoms with E-state index in [-0.39, 0.29) is 11.9 Å². The summed E-state index contributed by atoms with van der Waals surface area (Å²) in [5.41, 5.74) is 2.68. The van der Waals surface area contributed by atoms with Gasteiger partial charge < -0.3 is 5.32 Å². The van der Waals surface area contributed by atoms with Gasteiger partial charge in [0.15, 0.2) is 0 Å². The molecule has 0 aliphatic heterocycles. The summed E-state index contributed by atoms with van der Waals surface area (Å²) in [6.45, 7) is 0. The Morgan fingerprint density at radius 2 is 1.78 bits per heavy atom. The Kier molecular flexibility index (Phi) is 3.08. The first kappa shape index (κ1) is 11.7. The lowest BCUT2D eigenvalue weighted by Gasteiger charge is -2.25. The van der Waals surface area contributed by atoms with Crippen LogP contribution in [-0.2, 0) is 17.6 Å². The lowest BCUT2D eigenvalue weighted by Crippen LogP contribution is -2.40. The highest BCUT2D eigenvalue weighted by atomic mass is 79.9. The number of hydrogen-bond donors (Lipinski definition) is 1. The second kappa shape index (κ2) is 4.73. The largest absolute Gasteiger partial charge is 0.352 e. The van der Waals surface area contributed by atoms with Crippen LogP contribution < -0.4 is 5.32 Å². The Morgan fingerprint density at radius 1 is 1.17 bits per heavy atom. The van der Waals surface area contributed by atoms with Crippen LogP contribution in [0, 0.1) is 0 Å². The number of benzene rings is 2. The number of amides is 1. The third-order valence-electron chi connectivity index (χ3n) is 3.50. The summed E-state index contributed by atoms with van der Waals surface area (Å²) in [7, 11) is 0. The minimum absolute atomic E-state index is 0.0616. The Morgan fingerprint density at radius 3 is 2.33 bits per heavy atom. The first-order chi connectivity index (χ1) is 8.78. The number of carbonyl (C=O) groups excluding carboxylic acids is 1. The average Bonchev–Trinajstić information content (AvgIpc) is 2.39. The van der Waals surface area contributed by atoms with E-state index >= 15 is 0 Å². The van der Waals surface area contributed by atoms with Gasteiger partial charge in [-0.05, 0) is 34.7 Å². The first-order valence-corrected chi connectivity index (χ1v) is 7.25. The van der Waals surface area contributed by atoms with Crippen molar-refractivity contribution in [1.82, 2.24) is 5.32 Å². The fraction of sp³-hybridized carbons (Fsp3) is 0.267. The van der Waals surface area contributed by atoms with Crippen molar-refractivity contribution < 1.29 is 4.79 Å². The maximum atomic E-state index is 11.5. The molecule has 0 saturated heterocycles. The van der Waals surface area contributed by atoms with Crippen molar-refractivity contribution in [2.75, 3.05) is 5.33 Å². The Bertz CT molecular complexity index is 568. The highest BCUT2D eigenvalue weighted by Crippen LogP contribution is 2.29. The summed E-state index contributed by atoms with van der Waals surface area (Å²) < 4.78 is 0. The van der Waals surface area contributed by atoms with Crippen LogP contribution in [0.2, 0.25) is 0 Å². The molecule has 92 valence electrons. The summed E-state index contributed by atoms with van der Waals surface area (Å²) in [6, 6.07) is 13.0. The zero-order valence-electron chi connectivity index (χ0n) is 9.95. The molecular weight excluding hydrogens is 290 g/mol. The van der Waals surface area contributed by atoms with Gasteiger partial charge in [-0.15, -0.1) is 0 Å². The second-order valence-corrected chi connectivity index (χ2v) is 5.30. The topological polar surface area (TPSA) is 29.1 Å². The van der Waals surface area contributed by atoms with Gasteiger partial charge in [0.05, 0.1) is 5.33 Å². The monoisotopic (exact) mass is 303 g/mol. The molecule has 0 aromatic heterocycles. The Balaban J connectivity index is 1.98. The molecule has 0 spiro atoms. The fourth-order valence-electron chi connectivity index (χ4n) is 2.81. The number of halogens is 1. The molecule has 1 aliphatic carbocycles. The molecular formula is C15H14BrNO. The van der Waals surface area contributed by atoms with Gasteiger partial charge >= 0.3 is 0 Å². The van der Waals surface area contributed by atoms with Gasteiger partial charge in [0.2, 0.25) is 5.91 Å². The third-order valence-corrected chi connectivity index (χ3v) is 4.01. The van der Waals surface area contributed by atoms with Crippen LogP contribution in [0.1, 0.15) is 11.1 Å². The van der Waals surface area contributed by atoms with Crippen LogP contribution in [0.5, 0.6) is 0 Å². The molecule has 0 heterocycles. The molecule has 0 unspecified atom stereocenters. The summed E-state index contributed by atoms with van der Waals surface area (Å²) >= 11 is 3.19. The molecule has 1 N–H and O–H groups in total. The van der Waals surface area contributed by atoms with Gasteiger partial charge in [-0.25, -0.2) is 0 Å². The van der Waals surface area contributed by atoms with Crippen molar-refractivity contribution in [2.45, 2.75) is 18.9 Å². The van der Waals surface area contributed by atoms with Gasteiger partial charge in [0.25, 0.3) is 0 Å². The lowest BCUT2D eigenvalue weighted by atomic mass is 9.86. The standard InChI is InChI=1S/C15H14BrNO/c16-9-14(18)17-13-7-11-5-1-3-10-4-2-6-12(8-13)15(10)11/h1-6,13H,7-9H2,(H,17,18). The van der Waals surface area contributed by atoms with Crippen LogP contribution in [0.4, 0.5) is 0 Å². The van der Waals surface area contributed by atoms with Gasteiger partial charge in [-0.3, -0.25) is 4.79 Å². The van der Waals surface area contributed by atoms with E-state index in [2.05, 4.69) is 57.6 Å². The van der Waals surface area contributed by atoms with E-state index < -0.39 is 0 Å². The first-order valence-electron chi connectivity index (χ1n) is 6.13. The zero-order valence-corrected chi connectivity index (χ0v) is 11.5. The molecule has 3 heteroatoms. The van der Waals surface area contributed by atoms with Crippen molar-refractivity contribution in [3.8, 4) is 0 Å².